The molecule has 0 aliphatic carbocycles. The first-order valence-corrected chi connectivity index (χ1v) is 10.0. The third-order valence-corrected chi connectivity index (χ3v) is 5.68. The van der Waals surface area contributed by atoms with Gasteiger partial charge in [-0.25, -0.2) is 14.6 Å². The number of aromatic nitrogens is 1. The van der Waals surface area contributed by atoms with Crippen molar-refractivity contribution in [3.05, 3.63) is 79.9 Å². The van der Waals surface area contributed by atoms with Crippen LogP contribution in [0.3, 0.4) is 0 Å². The molecule has 0 saturated heterocycles. The van der Waals surface area contributed by atoms with Crippen LogP contribution in [0.4, 0.5) is 5.13 Å². The lowest BCUT2D eigenvalue weighted by Gasteiger charge is -2.11. The second kappa shape index (κ2) is 6.57. The summed E-state index contributed by atoms with van der Waals surface area (Å²) in [5, 5.41) is 6.21. The van der Waals surface area contributed by atoms with E-state index in [1.807, 2.05) is 24.3 Å². The molecule has 1 aliphatic heterocycles. The highest BCUT2D eigenvalue weighted by Crippen LogP contribution is 2.33. The number of nitrogens with one attached hydrogen (secondary N) is 1. The van der Waals surface area contributed by atoms with Gasteiger partial charge >= 0.3 is 11.6 Å². The van der Waals surface area contributed by atoms with Crippen molar-refractivity contribution in [3.63, 3.8) is 0 Å². The Labute approximate surface area is 170 Å². The Balaban J connectivity index is 1.47. The van der Waals surface area contributed by atoms with Crippen LogP contribution in [-0.2, 0) is 4.74 Å². The normalized spacial score (nSPS) is 15.5. The molecule has 0 radical (unpaired) electrons. The molecule has 1 aliphatic rings. The summed E-state index contributed by atoms with van der Waals surface area (Å²) in [6, 6.07) is 14.4. The van der Waals surface area contributed by atoms with E-state index in [0.717, 1.165) is 15.4 Å². The molecule has 4 aromatic rings. The standard InChI is InChI=1S/C20H11BrN2O4S/c21-11-5-6-16-10(7-11)8-14(19(25)26-16)15-9-28-20(22-15)23-17-12-3-1-2-4-13(12)18(24)27-17/h1-9,17H,(H,22,23)/t17-/m1/s1. The second-order valence-electron chi connectivity index (χ2n) is 6.18. The fraction of sp³-hybridized carbons (Fsp3) is 0.0500. The molecule has 0 bridgehead atoms. The number of halogens is 1. The number of hydrogen-bond donors (Lipinski definition) is 1. The number of ether oxygens (including phenoxy) is 1. The molecule has 0 unspecified atom stereocenters. The Kier molecular flexibility index (Phi) is 4.03. The van der Waals surface area contributed by atoms with Crippen molar-refractivity contribution in [2.45, 2.75) is 6.23 Å². The maximum absolute atomic E-state index is 12.4. The summed E-state index contributed by atoms with van der Waals surface area (Å²) in [5.74, 6) is -0.370. The number of esters is 1. The molecule has 3 heterocycles. The average Bonchev–Trinajstić information content (AvgIpc) is 3.27. The molecule has 0 spiro atoms. The number of carbonyl (C=O) groups excluding carboxylic acids is 1. The smallest absolute Gasteiger partial charge is 0.345 e. The zero-order chi connectivity index (χ0) is 19.3. The van der Waals surface area contributed by atoms with Crippen LogP contribution in [0.25, 0.3) is 22.2 Å². The van der Waals surface area contributed by atoms with E-state index in [4.69, 9.17) is 9.15 Å². The van der Waals surface area contributed by atoms with Crippen LogP contribution in [0.1, 0.15) is 22.1 Å². The van der Waals surface area contributed by atoms with Crippen molar-refractivity contribution in [1.29, 1.82) is 0 Å². The number of cyclic esters (lactones) is 1. The fourth-order valence-corrected chi connectivity index (χ4v) is 4.21. The first-order valence-electron chi connectivity index (χ1n) is 8.34. The van der Waals surface area contributed by atoms with Gasteiger partial charge in [-0.3, -0.25) is 0 Å². The van der Waals surface area contributed by atoms with E-state index in [2.05, 4.69) is 26.2 Å². The lowest BCUT2D eigenvalue weighted by atomic mass is 10.1. The van der Waals surface area contributed by atoms with Crippen molar-refractivity contribution >= 4 is 49.3 Å². The lowest BCUT2D eigenvalue weighted by Crippen LogP contribution is -2.10. The zero-order valence-electron chi connectivity index (χ0n) is 14.1. The van der Waals surface area contributed by atoms with E-state index in [9.17, 15) is 9.59 Å². The number of fused-ring (bicyclic) bond motifs is 2. The monoisotopic (exact) mass is 454 g/mol. The maximum Gasteiger partial charge on any atom is 0.345 e. The molecule has 1 N–H and O–H groups in total. The van der Waals surface area contributed by atoms with Gasteiger partial charge in [-0.05, 0) is 30.3 Å². The molecule has 6 nitrogen and oxygen atoms in total. The average molecular weight is 455 g/mol. The number of hydrogen-bond acceptors (Lipinski definition) is 7. The van der Waals surface area contributed by atoms with Crippen LogP contribution in [0.2, 0.25) is 0 Å². The zero-order valence-corrected chi connectivity index (χ0v) is 16.5. The van der Waals surface area contributed by atoms with Crippen LogP contribution >= 0.6 is 27.3 Å². The summed E-state index contributed by atoms with van der Waals surface area (Å²) in [5.41, 5.74) is 2.24. The topological polar surface area (TPSA) is 81.4 Å². The Morgan fingerprint density at radius 1 is 1.07 bits per heavy atom. The third kappa shape index (κ3) is 2.90. The van der Waals surface area contributed by atoms with Gasteiger partial charge in [0.25, 0.3) is 0 Å². The first-order chi connectivity index (χ1) is 13.6. The van der Waals surface area contributed by atoms with Gasteiger partial charge in [0.2, 0.25) is 6.23 Å². The summed E-state index contributed by atoms with van der Waals surface area (Å²) < 4.78 is 11.7. The number of nitrogens with zero attached hydrogens (tertiary/aromatic N) is 1. The minimum atomic E-state index is -0.605. The van der Waals surface area contributed by atoms with E-state index < -0.39 is 11.9 Å². The van der Waals surface area contributed by atoms with Crippen molar-refractivity contribution < 1.29 is 13.9 Å². The third-order valence-electron chi connectivity index (χ3n) is 4.42. The number of benzene rings is 2. The van der Waals surface area contributed by atoms with E-state index >= 15 is 0 Å². The molecule has 2 aromatic carbocycles. The van der Waals surface area contributed by atoms with Crippen molar-refractivity contribution in [3.8, 4) is 11.3 Å². The Morgan fingerprint density at radius 3 is 2.82 bits per heavy atom. The number of carbonyl (C=O) groups is 1. The van der Waals surface area contributed by atoms with E-state index in [-0.39, 0.29) is 5.97 Å². The quantitative estimate of drug-likeness (QED) is 0.348. The van der Waals surface area contributed by atoms with Crippen LogP contribution in [0.15, 0.2) is 67.6 Å². The van der Waals surface area contributed by atoms with Gasteiger partial charge in [-0.1, -0.05) is 34.1 Å². The van der Waals surface area contributed by atoms with Gasteiger partial charge < -0.3 is 14.5 Å². The fourth-order valence-electron chi connectivity index (χ4n) is 3.10. The highest BCUT2D eigenvalue weighted by atomic mass is 79.9. The largest absolute Gasteiger partial charge is 0.434 e. The molecule has 1 atom stereocenters. The minimum absolute atomic E-state index is 0.370. The minimum Gasteiger partial charge on any atom is -0.434 e. The van der Waals surface area contributed by atoms with Crippen LogP contribution in [0, 0.1) is 0 Å². The summed E-state index contributed by atoms with van der Waals surface area (Å²) in [6.45, 7) is 0. The van der Waals surface area contributed by atoms with Gasteiger partial charge in [0.05, 0.1) is 16.8 Å². The Bertz CT molecular complexity index is 1300. The van der Waals surface area contributed by atoms with Crippen LogP contribution in [-0.4, -0.2) is 11.0 Å². The van der Waals surface area contributed by atoms with Crippen LogP contribution in [0.5, 0.6) is 0 Å². The molecular formula is C20H11BrN2O4S. The SMILES string of the molecule is O=C1O[C@@H](Nc2nc(-c3cc4cc(Br)ccc4oc3=O)cs2)c2ccccc21. The van der Waals surface area contributed by atoms with Crippen molar-refractivity contribution in [1.82, 2.24) is 4.98 Å². The highest BCUT2D eigenvalue weighted by Gasteiger charge is 2.31. The van der Waals surface area contributed by atoms with E-state index in [1.54, 1.807) is 29.6 Å². The maximum atomic E-state index is 12.4. The summed E-state index contributed by atoms with van der Waals surface area (Å²) in [6.07, 6.45) is -0.605. The predicted octanol–water partition coefficient (Wildman–Crippen LogP) is 4.96. The molecule has 0 fully saturated rings. The van der Waals surface area contributed by atoms with Gasteiger partial charge in [-0.15, -0.1) is 11.3 Å². The van der Waals surface area contributed by atoms with Crippen LogP contribution < -0.4 is 10.9 Å². The van der Waals surface area contributed by atoms with E-state index in [0.29, 0.717) is 27.5 Å². The molecule has 138 valence electrons. The molecular weight excluding hydrogens is 444 g/mol. The first kappa shape index (κ1) is 17.2. The molecule has 5 rings (SSSR count). The molecule has 28 heavy (non-hydrogen) atoms. The number of anilines is 1. The number of thiazole rings is 1. The number of rotatable bonds is 3. The van der Waals surface area contributed by atoms with Gasteiger partial charge in [0.15, 0.2) is 5.13 Å². The van der Waals surface area contributed by atoms with Crippen molar-refractivity contribution in [2.24, 2.45) is 0 Å². The van der Waals surface area contributed by atoms with E-state index in [1.165, 1.54) is 11.3 Å². The Morgan fingerprint density at radius 2 is 1.93 bits per heavy atom. The molecule has 8 heteroatoms. The predicted molar refractivity (Wildman–Crippen MR) is 110 cm³/mol. The highest BCUT2D eigenvalue weighted by molar-refractivity contribution is 9.10. The van der Waals surface area contributed by atoms with Crippen molar-refractivity contribution in [2.75, 3.05) is 5.32 Å². The second-order valence-corrected chi connectivity index (χ2v) is 7.96. The molecule has 0 amide bonds. The van der Waals surface area contributed by atoms with Gasteiger partial charge in [-0.2, -0.15) is 0 Å². The summed E-state index contributed by atoms with van der Waals surface area (Å²) in [7, 11) is 0. The van der Waals surface area contributed by atoms with Gasteiger partial charge in [0.1, 0.15) is 5.58 Å². The Hall–Kier alpha value is -2.97. The summed E-state index contributed by atoms with van der Waals surface area (Å²) in [4.78, 5) is 28.8. The summed E-state index contributed by atoms with van der Waals surface area (Å²) >= 11 is 4.74. The van der Waals surface area contributed by atoms with Gasteiger partial charge in [0, 0.05) is 20.8 Å². The molecule has 2 aromatic heterocycles. The molecule has 0 saturated carbocycles. The lowest BCUT2D eigenvalue weighted by molar-refractivity contribution is 0.0437.